The maximum absolute atomic E-state index is 13.4. The second-order valence-electron chi connectivity index (χ2n) is 10.3. The summed E-state index contributed by atoms with van der Waals surface area (Å²) < 4.78 is 8.26. The quantitative estimate of drug-likeness (QED) is 0.429. The third-order valence-electron chi connectivity index (χ3n) is 7.92. The summed E-state index contributed by atoms with van der Waals surface area (Å²) in [5.74, 6) is 0.714. The number of aromatic nitrogens is 4. The van der Waals surface area contributed by atoms with Crippen LogP contribution in [-0.2, 0) is 6.54 Å². The molecule has 5 heterocycles. The highest BCUT2D eigenvalue weighted by Gasteiger charge is 2.27. The second-order valence-corrected chi connectivity index (χ2v) is 10.3. The predicted octanol–water partition coefficient (Wildman–Crippen LogP) is 3.08. The molecular weight excluding hydrogens is 456 g/mol. The number of nitrogens with one attached hydrogen (secondary N) is 2. The molecule has 0 spiro atoms. The molecule has 2 aromatic carbocycles. The van der Waals surface area contributed by atoms with Crippen molar-refractivity contribution in [2.75, 3.05) is 37.6 Å². The number of ether oxygens (including phenoxy) is 1. The Morgan fingerprint density at radius 2 is 1.83 bits per heavy atom. The molecule has 3 aliphatic heterocycles. The van der Waals surface area contributed by atoms with Gasteiger partial charge < -0.3 is 14.6 Å². The van der Waals surface area contributed by atoms with Crippen LogP contribution in [0.2, 0.25) is 0 Å². The van der Waals surface area contributed by atoms with Gasteiger partial charge in [-0.15, -0.1) is 0 Å². The van der Waals surface area contributed by atoms with Gasteiger partial charge in [0.25, 0.3) is 11.1 Å². The van der Waals surface area contributed by atoms with E-state index < -0.39 is 0 Å². The smallest absolute Gasteiger partial charge is 0.275 e. The van der Waals surface area contributed by atoms with Gasteiger partial charge in [0.05, 0.1) is 23.0 Å². The van der Waals surface area contributed by atoms with Gasteiger partial charge in [0.1, 0.15) is 23.1 Å². The van der Waals surface area contributed by atoms with Crippen molar-refractivity contribution in [2.45, 2.75) is 44.8 Å². The van der Waals surface area contributed by atoms with Crippen LogP contribution in [0.4, 0.5) is 5.69 Å². The molecule has 0 saturated carbocycles. The van der Waals surface area contributed by atoms with Crippen molar-refractivity contribution < 1.29 is 4.74 Å². The highest BCUT2D eigenvalue weighted by atomic mass is 16.5. The van der Waals surface area contributed by atoms with Gasteiger partial charge in [-0.3, -0.25) is 24.3 Å². The third kappa shape index (κ3) is 3.61. The second kappa shape index (κ2) is 8.51. The van der Waals surface area contributed by atoms with Crippen molar-refractivity contribution in [1.29, 1.82) is 0 Å². The number of fused-ring (bicyclic) bond motifs is 5. The van der Waals surface area contributed by atoms with Gasteiger partial charge in [0, 0.05) is 50.0 Å². The van der Waals surface area contributed by atoms with Crippen LogP contribution in [0.1, 0.15) is 32.1 Å². The largest absolute Gasteiger partial charge is 0.487 e. The van der Waals surface area contributed by atoms with Crippen molar-refractivity contribution in [3.05, 3.63) is 51.0 Å². The van der Waals surface area contributed by atoms with Crippen molar-refractivity contribution in [2.24, 2.45) is 0 Å². The first kappa shape index (κ1) is 21.7. The number of hydrogen-bond donors (Lipinski definition) is 2. The molecule has 9 nitrogen and oxygen atoms in total. The normalized spacial score (nSPS) is 22.2. The van der Waals surface area contributed by atoms with E-state index >= 15 is 0 Å². The molecule has 186 valence electrons. The van der Waals surface area contributed by atoms with Crippen molar-refractivity contribution in [3.8, 4) is 17.0 Å². The Labute approximate surface area is 207 Å². The van der Waals surface area contributed by atoms with Crippen LogP contribution in [0.3, 0.4) is 0 Å². The SMILES string of the molecule is O=c1[nH]c2cc(N3CCCCCC3)cc3c2nc1-c1cccc2c(=O)n([nH]c12)CCN1CC[C@@H](C1)O3. The number of benzene rings is 2. The lowest BCUT2D eigenvalue weighted by Gasteiger charge is -2.25. The van der Waals surface area contributed by atoms with E-state index in [-0.39, 0.29) is 17.2 Å². The first-order valence-corrected chi connectivity index (χ1v) is 13.1. The van der Waals surface area contributed by atoms with E-state index in [1.165, 1.54) is 25.7 Å². The molecule has 0 aliphatic carbocycles. The van der Waals surface area contributed by atoms with Gasteiger partial charge in [-0.25, -0.2) is 4.98 Å². The molecule has 2 atom stereocenters. The van der Waals surface area contributed by atoms with Crippen LogP contribution in [0.15, 0.2) is 39.9 Å². The topological polar surface area (TPSA) is 99.2 Å². The Morgan fingerprint density at radius 1 is 0.972 bits per heavy atom. The van der Waals surface area contributed by atoms with Gasteiger partial charge in [-0.2, -0.15) is 0 Å². The van der Waals surface area contributed by atoms with E-state index in [2.05, 4.69) is 25.9 Å². The highest BCUT2D eigenvalue weighted by Crippen LogP contribution is 2.34. The van der Waals surface area contributed by atoms with Gasteiger partial charge in [-0.05, 0) is 31.4 Å². The molecule has 0 radical (unpaired) electrons. The number of nitrogens with zero attached hydrogens (tertiary/aromatic N) is 4. The molecule has 9 heteroatoms. The van der Waals surface area contributed by atoms with Gasteiger partial charge in [-0.1, -0.05) is 25.0 Å². The molecule has 2 aromatic heterocycles. The zero-order chi connectivity index (χ0) is 24.2. The lowest BCUT2D eigenvalue weighted by Crippen LogP contribution is -2.30. The number of aromatic amines is 2. The van der Waals surface area contributed by atoms with E-state index in [0.717, 1.165) is 44.8 Å². The standard InChI is InChI=1S/C27H30N6O3/c34-26-24-19-6-5-7-20-23(19)30-33(27(20)35)13-12-31-11-8-18(16-31)36-22-15-17(14-21(28-26)25(22)29-24)32-9-3-1-2-4-10-32/h5-7,14-15,18,30H,1-4,8-13,16H2,(H,28,34)/t18-/m0/s1. The fourth-order valence-electron chi connectivity index (χ4n) is 5.99. The Kier molecular flexibility index (Phi) is 5.13. The first-order chi connectivity index (χ1) is 17.6. The fourth-order valence-corrected chi connectivity index (χ4v) is 5.99. The number of para-hydroxylation sites is 1. The number of H-pyrrole nitrogens is 2. The minimum absolute atomic E-state index is 0.0338. The van der Waals surface area contributed by atoms with Gasteiger partial charge in [0.15, 0.2) is 0 Å². The van der Waals surface area contributed by atoms with Crippen molar-refractivity contribution >= 4 is 27.6 Å². The zero-order valence-corrected chi connectivity index (χ0v) is 20.3. The van der Waals surface area contributed by atoms with Crippen LogP contribution < -0.4 is 20.8 Å². The van der Waals surface area contributed by atoms with Crippen LogP contribution in [0.25, 0.3) is 33.2 Å². The Hall–Kier alpha value is -3.59. The molecular formula is C27H30N6O3. The molecule has 7 rings (SSSR count). The van der Waals surface area contributed by atoms with Crippen LogP contribution in [0.5, 0.6) is 5.75 Å². The number of anilines is 1. The fraction of sp³-hybridized carbons (Fsp3) is 0.444. The van der Waals surface area contributed by atoms with Crippen LogP contribution in [-0.4, -0.2) is 63.5 Å². The van der Waals surface area contributed by atoms with Gasteiger partial charge >= 0.3 is 0 Å². The maximum atomic E-state index is 13.4. The number of hydrogen-bond acceptors (Lipinski definition) is 6. The maximum Gasteiger partial charge on any atom is 0.275 e. The molecule has 2 saturated heterocycles. The molecule has 4 aromatic rings. The molecule has 6 bridgehead atoms. The lowest BCUT2D eigenvalue weighted by atomic mass is 10.1. The predicted molar refractivity (Wildman–Crippen MR) is 140 cm³/mol. The van der Waals surface area contributed by atoms with E-state index in [9.17, 15) is 9.59 Å². The zero-order valence-electron chi connectivity index (χ0n) is 20.3. The summed E-state index contributed by atoms with van der Waals surface area (Å²) >= 11 is 0. The van der Waals surface area contributed by atoms with Crippen LogP contribution >= 0.6 is 0 Å². The van der Waals surface area contributed by atoms with Crippen LogP contribution in [0, 0.1) is 0 Å². The van der Waals surface area contributed by atoms with E-state index in [0.29, 0.717) is 45.5 Å². The Bertz CT molecular complexity index is 1580. The van der Waals surface area contributed by atoms with Gasteiger partial charge in [0.2, 0.25) is 0 Å². The van der Waals surface area contributed by atoms with E-state index in [4.69, 9.17) is 9.72 Å². The monoisotopic (exact) mass is 486 g/mol. The average molecular weight is 487 g/mol. The minimum Gasteiger partial charge on any atom is -0.487 e. The summed E-state index contributed by atoms with van der Waals surface area (Å²) in [5.41, 5.74) is 3.60. The van der Waals surface area contributed by atoms with E-state index in [1.807, 2.05) is 18.2 Å². The third-order valence-corrected chi connectivity index (χ3v) is 7.92. The summed E-state index contributed by atoms with van der Waals surface area (Å²) in [7, 11) is 0. The molecule has 2 N–H and O–H groups in total. The molecule has 1 unspecified atom stereocenters. The van der Waals surface area contributed by atoms with Crippen molar-refractivity contribution in [3.63, 3.8) is 0 Å². The van der Waals surface area contributed by atoms with E-state index in [1.54, 1.807) is 10.7 Å². The summed E-state index contributed by atoms with van der Waals surface area (Å²) in [6, 6.07) is 9.60. The summed E-state index contributed by atoms with van der Waals surface area (Å²) in [6.45, 7) is 5.04. The molecule has 3 aliphatic rings. The Morgan fingerprint density at radius 3 is 2.69 bits per heavy atom. The lowest BCUT2D eigenvalue weighted by molar-refractivity contribution is 0.199. The van der Waals surface area contributed by atoms with Crippen molar-refractivity contribution in [1.82, 2.24) is 24.6 Å². The summed E-state index contributed by atoms with van der Waals surface area (Å²) in [4.78, 5) is 39.2. The summed E-state index contributed by atoms with van der Waals surface area (Å²) in [6.07, 6.45) is 5.79. The molecule has 0 amide bonds. The summed E-state index contributed by atoms with van der Waals surface area (Å²) in [5, 5.41) is 3.83. The molecule has 36 heavy (non-hydrogen) atoms. The number of rotatable bonds is 1. The first-order valence-electron chi connectivity index (χ1n) is 13.1. The molecule has 2 fully saturated rings. The average Bonchev–Trinajstić information content (AvgIpc) is 3.33. The highest BCUT2D eigenvalue weighted by molar-refractivity contribution is 5.94. The Balaban J connectivity index is 1.46. The minimum atomic E-state index is -0.276.